The molecule has 2 saturated heterocycles. The van der Waals surface area contributed by atoms with Crippen LogP contribution in [0, 0.1) is 12.8 Å². The summed E-state index contributed by atoms with van der Waals surface area (Å²) in [5, 5.41) is 6.11. The van der Waals surface area contributed by atoms with E-state index in [9.17, 15) is 4.79 Å². The Bertz CT molecular complexity index is 616. The molecule has 0 bridgehead atoms. The number of methoxy groups -OCH3 is 1. The van der Waals surface area contributed by atoms with E-state index in [0.717, 1.165) is 70.0 Å². The molecule has 2 N–H and O–H groups in total. The van der Waals surface area contributed by atoms with Crippen molar-refractivity contribution >= 4 is 17.4 Å². The number of carbonyl (C=O) groups excluding carboxylic acids is 1. The van der Waals surface area contributed by atoms with Gasteiger partial charge in [-0.3, -0.25) is 0 Å². The minimum atomic E-state index is -0.102. The Hall–Kier alpha value is -1.79. The van der Waals surface area contributed by atoms with Crippen LogP contribution in [0.15, 0.2) is 18.2 Å². The maximum atomic E-state index is 12.4. The number of amides is 2. The Morgan fingerprint density at radius 2 is 2.07 bits per heavy atom. The molecule has 0 saturated carbocycles. The first-order chi connectivity index (χ1) is 13.2. The number of anilines is 2. The number of rotatable bonds is 8. The SMILES string of the molecule is COCCCN1CC[C@H](CNC(=O)Nc2cccc(N3CCCC3)c2C)C1. The maximum absolute atomic E-state index is 12.4. The van der Waals surface area contributed by atoms with Crippen molar-refractivity contribution in [2.75, 3.05) is 63.2 Å². The highest BCUT2D eigenvalue weighted by Gasteiger charge is 2.22. The average Bonchev–Trinajstić information content (AvgIpc) is 3.34. The fourth-order valence-corrected chi connectivity index (χ4v) is 4.18. The summed E-state index contributed by atoms with van der Waals surface area (Å²) in [7, 11) is 1.75. The summed E-state index contributed by atoms with van der Waals surface area (Å²) < 4.78 is 5.12. The summed E-state index contributed by atoms with van der Waals surface area (Å²) >= 11 is 0. The quantitative estimate of drug-likeness (QED) is 0.687. The number of urea groups is 1. The standard InChI is InChI=1S/C21H34N4O2/c1-17-19(7-5-8-20(17)25-11-3-4-12-25)23-21(26)22-15-18-9-13-24(16-18)10-6-14-27-2/h5,7-8,18H,3-4,6,9-16H2,1-2H3,(H2,22,23,26)/t18-/m1/s1. The molecule has 150 valence electrons. The number of nitrogens with one attached hydrogen (secondary N) is 2. The normalized spacial score (nSPS) is 20.2. The number of ether oxygens (including phenoxy) is 1. The molecule has 0 spiro atoms. The van der Waals surface area contributed by atoms with Crippen molar-refractivity contribution in [3.63, 3.8) is 0 Å². The highest BCUT2D eigenvalue weighted by molar-refractivity contribution is 5.91. The molecule has 2 amide bonds. The molecular formula is C21H34N4O2. The van der Waals surface area contributed by atoms with E-state index in [0.29, 0.717) is 5.92 Å². The monoisotopic (exact) mass is 374 g/mol. The molecule has 2 heterocycles. The van der Waals surface area contributed by atoms with Gasteiger partial charge in [0.05, 0.1) is 0 Å². The highest BCUT2D eigenvalue weighted by Crippen LogP contribution is 2.29. The van der Waals surface area contributed by atoms with Gasteiger partial charge < -0.3 is 25.2 Å². The third kappa shape index (κ3) is 5.59. The largest absolute Gasteiger partial charge is 0.385 e. The summed E-state index contributed by atoms with van der Waals surface area (Å²) in [4.78, 5) is 17.3. The molecule has 6 heteroatoms. The van der Waals surface area contributed by atoms with Crippen LogP contribution < -0.4 is 15.5 Å². The lowest BCUT2D eigenvalue weighted by molar-refractivity contribution is 0.178. The number of benzene rings is 1. The van der Waals surface area contributed by atoms with Crippen LogP contribution in [0.1, 0.15) is 31.2 Å². The second kappa shape index (κ2) is 9.95. The molecule has 1 aromatic carbocycles. The molecule has 0 radical (unpaired) electrons. The summed E-state index contributed by atoms with van der Waals surface area (Å²) in [5.41, 5.74) is 3.30. The topological polar surface area (TPSA) is 56.8 Å². The average molecular weight is 375 g/mol. The lowest BCUT2D eigenvalue weighted by Gasteiger charge is -2.22. The van der Waals surface area contributed by atoms with E-state index >= 15 is 0 Å². The molecular weight excluding hydrogens is 340 g/mol. The minimum Gasteiger partial charge on any atom is -0.385 e. The number of carbonyl (C=O) groups is 1. The smallest absolute Gasteiger partial charge is 0.319 e. The second-order valence-electron chi connectivity index (χ2n) is 7.78. The number of hydrogen-bond acceptors (Lipinski definition) is 4. The number of nitrogens with zero attached hydrogens (tertiary/aromatic N) is 2. The first-order valence-corrected chi connectivity index (χ1v) is 10.3. The zero-order chi connectivity index (χ0) is 19.1. The highest BCUT2D eigenvalue weighted by atomic mass is 16.5. The molecule has 27 heavy (non-hydrogen) atoms. The zero-order valence-corrected chi connectivity index (χ0v) is 16.8. The van der Waals surface area contributed by atoms with Crippen LogP contribution in [0.3, 0.4) is 0 Å². The van der Waals surface area contributed by atoms with Crippen LogP contribution in [0.2, 0.25) is 0 Å². The molecule has 6 nitrogen and oxygen atoms in total. The van der Waals surface area contributed by atoms with Gasteiger partial charge in [0.25, 0.3) is 0 Å². The van der Waals surface area contributed by atoms with Gasteiger partial charge in [-0.2, -0.15) is 0 Å². The molecule has 1 atom stereocenters. The van der Waals surface area contributed by atoms with Gasteiger partial charge in [0.2, 0.25) is 0 Å². The van der Waals surface area contributed by atoms with E-state index in [2.05, 4.69) is 33.4 Å². The van der Waals surface area contributed by atoms with Gasteiger partial charge in [-0.15, -0.1) is 0 Å². The lowest BCUT2D eigenvalue weighted by atomic mass is 10.1. The van der Waals surface area contributed by atoms with Crippen molar-refractivity contribution in [2.45, 2.75) is 32.6 Å². The van der Waals surface area contributed by atoms with Crippen molar-refractivity contribution in [1.82, 2.24) is 10.2 Å². The van der Waals surface area contributed by atoms with Crippen LogP contribution in [-0.4, -0.2) is 63.9 Å². The van der Waals surface area contributed by atoms with Gasteiger partial charge in [0.1, 0.15) is 0 Å². The van der Waals surface area contributed by atoms with Crippen molar-refractivity contribution in [3.8, 4) is 0 Å². The summed E-state index contributed by atoms with van der Waals surface area (Å²) in [6.07, 6.45) is 4.73. The van der Waals surface area contributed by atoms with Gasteiger partial charge in [-0.1, -0.05) is 6.07 Å². The molecule has 2 aliphatic heterocycles. The Morgan fingerprint density at radius 1 is 1.26 bits per heavy atom. The fraction of sp³-hybridized carbons (Fsp3) is 0.667. The molecule has 3 rings (SSSR count). The summed E-state index contributed by atoms with van der Waals surface area (Å²) in [6.45, 7) is 9.13. The van der Waals surface area contributed by atoms with Crippen LogP contribution in [0.25, 0.3) is 0 Å². The zero-order valence-electron chi connectivity index (χ0n) is 16.8. The van der Waals surface area contributed by atoms with Crippen LogP contribution in [-0.2, 0) is 4.74 Å². The van der Waals surface area contributed by atoms with E-state index < -0.39 is 0 Å². The van der Waals surface area contributed by atoms with E-state index in [-0.39, 0.29) is 6.03 Å². The van der Waals surface area contributed by atoms with Gasteiger partial charge in [0.15, 0.2) is 0 Å². The van der Waals surface area contributed by atoms with Gasteiger partial charge >= 0.3 is 6.03 Å². The van der Waals surface area contributed by atoms with Crippen molar-refractivity contribution in [1.29, 1.82) is 0 Å². The molecule has 0 unspecified atom stereocenters. The lowest BCUT2D eigenvalue weighted by Crippen LogP contribution is -2.34. The van der Waals surface area contributed by atoms with Gasteiger partial charge in [0, 0.05) is 57.8 Å². The second-order valence-corrected chi connectivity index (χ2v) is 7.78. The van der Waals surface area contributed by atoms with Crippen LogP contribution in [0.5, 0.6) is 0 Å². The van der Waals surface area contributed by atoms with Crippen LogP contribution in [0.4, 0.5) is 16.2 Å². The molecule has 0 aliphatic carbocycles. The Balaban J connectivity index is 1.44. The number of likely N-dealkylation sites (tertiary alicyclic amines) is 1. The third-order valence-corrected chi connectivity index (χ3v) is 5.74. The fourth-order valence-electron chi connectivity index (χ4n) is 4.18. The summed E-state index contributed by atoms with van der Waals surface area (Å²) in [6, 6.07) is 6.07. The first-order valence-electron chi connectivity index (χ1n) is 10.3. The van der Waals surface area contributed by atoms with E-state index in [1.54, 1.807) is 7.11 Å². The van der Waals surface area contributed by atoms with E-state index in [1.165, 1.54) is 18.5 Å². The number of hydrogen-bond donors (Lipinski definition) is 2. The molecule has 2 fully saturated rings. The van der Waals surface area contributed by atoms with Gasteiger partial charge in [-0.05, 0) is 62.8 Å². The van der Waals surface area contributed by atoms with E-state index in [1.807, 2.05) is 12.1 Å². The van der Waals surface area contributed by atoms with Crippen molar-refractivity contribution < 1.29 is 9.53 Å². The molecule has 1 aromatic rings. The van der Waals surface area contributed by atoms with Crippen molar-refractivity contribution in [3.05, 3.63) is 23.8 Å². The Morgan fingerprint density at radius 3 is 2.85 bits per heavy atom. The predicted octanol–water partition coefficient (Wildman–Crippen LogP) is 3.08. The van der Waals surface area contributed by atoms with Crippen molar-refractivity contribution in [2.24, 2.45) is 5.92 Å². The Kier molecular flexibility index (Phi) is 7.35. The predicted molar refractivity (Wildman–Crippen MR) is 111 cm³/mol. The maximum Gasteiger partial charge on any atom is 0.319 e. The van der Waals surface area contributed by atoms with Gasteiger partial charge in [-0.25, -0.2) is 4.79 Å². The summed E-state index contributed by atoms with van der Waals surface area (Å²) in [5.74, 6) is 0.537. The van der Waals surface area contributed by atoms with Crippen LogP contribution >= 0.6 is 0 Å². The first kappa shape index (κ1) is 20.0. The Labute approximate surface area is 163 Å². The minimum absolute atomic E-state index is 0.102. The molecule has 0 aromatic heterocycles. The third-order valence-electron chi connectivity index (χ3n) is 5.74. The van der Waals surface area contributed by atoms with E-state index in [4.69, 9.17) is 4.74 Å². The molecule has 2 aliphatic rings.